The fourth-order valence-electron chi connectivity index (χ4n) is 5.17. The molecule has 37 heavy (non-hydrogen) atoms. The molecule has 2 fully saturated rings. The molecule has 0 saturated carbocycles. The van der Waals surface area contributed by atoms with Crippen LogP contribution in [0.4, 0.5) is 5.69 Å². The molecule has 5 rings (SSSR count). The fourth-order valence-corrected chi connectivity index (χ4v) is 5.17. The number of amides is 3. The molecule has 9 heteroatoms. The first-order valence-electron chi connectivity index (χ1n) is 12.3. The Morgan fingerprint density at radius 1 is 1.03 bits per heavy atom. The van der Waals surface area contributed by atoms with Crippen molar-refractivity contribution in [3.63, 3.8) is 0 Å². The zero-order valence-corrected chi connectivity index (χ0v) is 20.8. The highest BCUT2D eigenvalue weighted by atomic mass is 16.5. The second kappa shape index (κ2) is 10.4. The lowest BCUT2D eigenvalue weighted by molar-refractivity contribution is -0.137. The third-order valence-corrected chi connectivity index (χ3v) is 7.15. The van der Waals surface area contributed by atoms with Gasteiger partial charge in [-0.1, -0.05) is 24.3 Å². The number of anilines is 1. The van der Waals surface area contributed by atoms with Crippen molar-refractivity contribution in [3.8, 4) is 5.75 Å². The van der Waals surface area contributed by atoms with Gasteiger partial charge in [0.15, 0.2) is 0 Å². The standard InChI is InChI=1S/C28H30N4O5/c1-36-23-10-5-7-21(17-23)26(34)30-14-12-28(13-15-30)27(35)31(20-32(28)22-8-3-2-4-9-22)19-25(33)29-18-24-11-6-16-37-24/h2-11,16-17H,12-15,18-20H2,1H3,(H,29,33). The zero-order chi connectivity index (χ0) is 25.8. The quantitative estimate of drug-likeness (QED) is 0.534. The molecule has 3 heterocycles. The van der Waals surface area contributed by atoms with Gasteiger partial charge >= 0.3 is 0 Å². The van der Waals surface area contributed by atoms with E-state index in [4.69, 9.17) is 9.15 Å². The van der Waals surface area contributed by atoms with Crippen LogP contribution in [0.2, 0.25) is 0 Å². The maximum Gasteiger partial charge on any atom is 0.253 e. The minimum Gasteiger partial charge on any atom is -0.497 e. The Balaban J connectivity index is 1.31. The Morgan fingerprint density at radius 3 is 2.51 bits per heavy atom. The van der Waals surface area contributed by atoms with Crippen molar-refractivity contribution in [2.45, 2.75) is 24.9 Å². The van der Waals surface area contributed by atoms with Gasteiger partial charge < -0.3 is 29.2 Å². The summed E-state index contributed by atoms with van der Waals surface area (Å²) in [6, 6.07) is 20.4. The topological polar surface area (TPSA) is 95.3 Å². The number of carbonyl (C=O) groups excluding carboxylic acids is 3. The molecule has 9 nitrogen and oxygen atoms in total. The van der Waals surface area contributed by atoms with E-state index < -0.39 is 5.54 Å². The highest BCUT2D eigenvalue weighted by Gasteiger charge is 2.54. The summed E-state index contributed by atoms with van der Waals surface area (Å²) < 4.78 is 10.5. The largest absolute Gasteiger partial charge is 0.497 e. The van der Waals surface area contributed by atoms with E-state index in [1.807, 2.05) is 30.3 Å². The molecule has 0 radical (unpaired) electrons. The highest BCUT2D eigenvalue weighted by Crippen LogP contribution is 2.39. The van der Waals surface area contributed by atoms with Gasteiger partial charge in [-0.2, -0.15) is 0 Å². The number of likely N-dealkylation sites (tertiary alicyclic amines) is 1. The first kappa shape index (κ1) is 24.4. The van der Waals surface area contributed by atoms with Crippen molar-refractivity contribution >= 4 is 23.4 Å². The van der Waals surface area contributed by atoms with Crippen molar-refractivity contribution in [2.75, 3.05) is 38.3 Å². The Labute approximate surface area is 215 Å². The number of nitrogens with one attached hydrogen (secondary N) is 1. The van der Waals surface area contributed by atoms with Crippen LogP contribution < -0.4 is 15.0 Å². The third-order valence-electron chi connectivity index (χ3n) is 7.15. The van der Waals surface area contributed by atoms with E-state index in [0.29, 0.717) is 49.7 Å². The van der Waals surface area contributed by atoms with Gasteiger partial charge in [-0.15, -0.1) is 0 Å². The molecule has 1 spiro atoms. The lowest BCUT2D eigenvalue weighted by Crippen LogP contribution is -2.57. The van der Waals surface area contributed by atoms with E-state index in [-0.39, 0.29) is 30.8 Å². The van der Waals surface area contributed by atoms with Gasteiger partial charge in [-0.3, -0.25) is 14.4 Å². The molecule has 0 bridgehead atoms. The van der Waals surface area contributed by atoms with Gasteiger partial charge in [0.1, 0.15) is 23.6 Å². The summed E-state index contributed by atoms with van der Waals surface area (Å²) in [5, 5.41) is 2.82. The van der Waals surface area contributed by atoms with Crippen LogP contribution in [0.15, 0.2) is 77.4 Å². The van der Waals surface area contributed by atoms with E-state index >= 15 is 0 Å². The molecule has 2 aliphatic heterocycles. The second-order valence-electron chi connectivity index (χ2n) is 9.32. The number of furan rings is 1. The van der Waals surface area contributed by atoms with Crippen molar-refractivity contribution < 1.29 is 23.5 Å². The minimum absolute atomic E-state index is 0.0446. The molecule has 0 atom stereocenters. The van der Waals surface area contributed by atoms with E-state index in [1.54, 1.807) is 59.6 Å². The smallest absolute Gasteiger partial charge is 0.253 e. The molecule has 0 aliphatic carbocycles. The monoisotopic (exact) mass is 502 g/mol. The number of nitrogens with zero attached hydrogens (tertiary/aromatic N) is 3. The molecule has 2 saturated heterocycles. The Kier molecular flexibility index (Phi) is 6.85. The van der Waals surface area contributed by atoms with Crippen molar-refractivity contribution in [1.82, 2.24) is 15.1 Å². The third kappa shape index (κ3) is 4.89. The van der Waals surface area contributed by atoms with Crippen LogP contribution in [-0.4, -0.2) is 66.5 Å². The van der Waals surface area contributed by atoms with Crippen LogP contribution in [0.1, 0.15) is 29.0 Å². The van der Waals surface area contributed by atoms with Crippen LogP contribution >= 0.6 is 0 Å². The minimum atomic E-state index is -0.812. The molecule has 0 unspecified atom stereocenters. The van der Waals surface area contributed by atoms with E-state index in [1.165, 1.54) is 0 Å². The van der Waals surface area contributed by atoms with E-state index in [2.05, 4.69) is 10.2 Å². The highest BCUT2D eigenvalue weighted by molar-refractivity contribution is 5.97. The summed E-state index contributed by atoms with van der Waals surface area (Å²) in [5.74, 6) is 0.858. The normalized spacial score (nSPS) is 16.8. The summed E-state index contributed by atoms with van der Waals surface area (Å²) in [6.45, 7) is 1.40. The van der Waals surface area contributed by atoms with Crippen molar-refractivity contribution in [1.29, 1.82) is 0 Å². The number of piperidine rings is 1. The number of rotatable bonds is 7. The first-order valence-corrected chi connectivity index (χ1v) is 12.3. The number of benzene rings is 2. The van der Waals surface area contributed by atoms with Gasteiger partial charge in [-0.05, 0) is 55.3 Å². The summed E-state index contributed by atoms with van der Waals surface area (Å²) in [6.07, 6.45) is 2.50. The Bertz CT molecular complexity index is 1250. The summed E-state index contributed by atoms with van der Waals surface area (Å²) in [7, 11) is 1.57. The van der Waals surface area contributed by atoms with Crippen molar-refractivity contribution in [2.24, 2.45) is 0 Å². The second-order valence-corrected chi connectivity index (χ2v) is 9.32. The van der Waals surface area contributed by atoms with Gasteiger partial charge in [-0.25, -0.2) is 0 Å². The van der Waals surface area contributed by atoms with Crippen LogP contribution in [0.5, 0.6) is 5.75 Å². The van der Waals surface area contributed by atoms with Crippen LogP contribution in [0.25, 0.3) is 0 Å². The average molecular weight is 503 g/mol. The SMILES string of the molecule is COc1cccc(C(=O)N2CCC3(CC2)C(=O)N(CC(=O)NCc2ccco2)CN3c2ccccc2)c1. The number of hydrogen-bond donors (Lipinski definition) is 1. The first-order chi connectivity index (χ1) is 18.0. The van der Waals surface area contributed by atoms with E-state index in [0.717, 1.165) is 5.69 Å². The molecule has 1 N–H and O–H groups in total. The number of carbonyl (C=O) groups is 3. The molecule has 192 valence electrons. The molecule has 3 amide bonds. The summed E-state index contributed by atoms with van der Waals surface area (Å²) in [4.78, 5) is 45.2. The summed E-state index contributed by atoms with van der Waals surface area (Å²) in [5.41, 5.74) is 0.665. The summed E-state index contributed by atoms with van der Waals surface area (Å²) >= 11 is 0. The maximum atomic E-state index is 13.8. The predicted molar refractivity (Wildman–Crippen MR) is 137 cm³/mol. The molecular weight excluding hydrogens is 472 g/mol. The molecular formula is C28H30N4O5. The number of hydrogen-bond acceptors (Lipinski definition) is 6. The van der Waals surface area contributed by atoms with Gasteiger partial charge in [0, 0.05) is 24.3 Å². The fraction of sp³-hybridized carbons (Fsp3) is 0.321. The number of para-hydroxylation sites is 1. The average Bonchev–Trinajstić information content (AvgIpc) is 3.56. The zero-order valence-electron chi connectivity index (χ0n) is 20.8. The Morgan fingerprint density at radius 2 is 1.81 bits per heavy atom. The Hall–Kier alpha value is -4.27. The molecule has 2 aromatic carbocycles. The number of ether oxygens (including phenoxy) is 1. The van der Waals surface area contributed by atoms with Crippen LogP contribution in [0, 0.1) is 0 Å². The lowest BCUT2D eigenvalue weighted by Gasteiger charge is -2.43. The molecule has 3 aromatic rings. The lowest BCUT2D eigenvalue weighted by atomic mass is 9.85. The van der Waals surface area contributed by atoms with Gasteiger partial charge in [0.25, 0.3) is 11.8 Å². The number of methoxy groups -OCH3 is 1. The molecule has 1 aromatic heterocycles. The van der Waals surface area contributed by atoms with Gasteiger partial charge in [0.05, 0.1) is 26.6 Å². The van der Waals surface area contributed by atoms with Crippen LogP contribution in [-0.2, 0) is 16.1 Å². The maximum absolute atomic E-state index is 13.8. The molecule has 2 aliphatic rings. The van der Waals surface area contributed by atoms with E-state index in [9.17, 15) is 14.4 Å². The van der Waals surface area contributed by atoms with Gasteiger partial charge in [0.2, 0.25) is 5.91 Å². The predicted octanol–water partition coefficient (Wildman–Crippen LogP) is 2.89. The van der Waals surface area contributed by atoms with Crippen molar-refractivity contribution in [3.05, 3.63) is 84.3 Å². The van der Waals surface area contributed by atoms with Crippen LogP contribution in [0.3, 0.4) is 0 Å².